The van der Waals surface area contributed by atoms with Crippen LogP contribution in [0, 0.1) is 6.92 Å². The second-order valence-corrected chi connectivity index (χ2v) is 6.67. The van der Waals surface area contributed by atoms with Crippen LogP contribution < -0.4 is 10.6 Å². The molecule has 0 aliphatic carbocycles. The minimum absolute atomic E-state index is 0.228. The minimum atomic E-state index is 0.228. The van der Waals surface area contributed by atoms with E-state index < -0.39 is 0 Å². The van der Waals surface area contributed by atoms with E-state index in [0.717, 1.165) is 47.5 Å². The van der Waals surface area contributed by atoms with E-state index in [1.54, 1.807) is 6.20 Å². The van der Waals surface area contributed by atoms with Crippen LogP contribution >= 0.6 is 0 Å². The summed E-state index contributed by atoms with van der Waals surface area (Å²) >= 11 is 0. The molecular weight excluding hydrogens is 344 g/mol. The molecular formula is C18H18N8O. The van der Waals surface area contributed by atoms with Crippen molar-refractivity contribution in [1.29, 1.82) is 0 Å². The molecule has 0 spiro atoms. The van der Waals surface area contributed by atoms with Crippen LogP contribution in [0.4, 0.5) is 11.6 Å². The molecule has 27 heavy (non-hydrogen) atoms. The van der Waals surface area contributed by atoms with E-state index in [1.165, 1.54) is 0 Å². The van der Waals surface area contributed by atoms with Gasteiger partial charge in [0.15, 0.2) is 5.82 Å². The van der Waals surface area contributed by atoms with E-state index in [4.69, 9.17) is 10.3 Å². The van der Waals surface area contributed by atoms with Gasteiger partial charge in [0.2, 0.25) is 11.8 Å². The number of rotatable bonds is 3. The van der Waals surface area contributed by atoms with Crippen molar-refractivity contribution in [2.24, 2.45) is 0 Å². The summed E-state index contributed by atoms with van der Waals surface area (Å²) in [7, 11) is 0. The first-order valence-corrected chi connectivity index (χ1v) is 8.79. The Bertz CT molecular complexity index is 1120. The molecule has 0 amide bonds. The second-order valence-electron chi connectivity index (χ2n) is 6.67. The molecule has 1 aliphatic rings. The zero-order valence-electron chi connectivity index (χ0n) is 14.8. The lowest BCUT2D eigenvalue weighted by Gasteiger charge is -2.19. The number of nitrogens with zero attached hydrogens (tertiary/aromatic N) is 6. The average molecular weight is 362 g/mol. The van der Waals surface area contributed by atoms with Crippen molar-refractivity contribution in [3.05, 3.63) is 42.4 Å². The lowest BCUT2D eigenvalue weighted by Crippen LogP contribution is -2.19. The van der Waals surface area contributed by atoms with E-state index in [2.05, 4.69) is 35.0 Å². The smallest absolute Gasteiger partial charge is 0.231 e. The summed E-state index contributed by atoms with van der Waals surface area (Å²) in [6.07, 6.45) is 6.36. The molecule has 1 aliphatic heterocycles. The van der Waals surface area contributed by atoms with Crippen LogP contribution in [0.15, 0.2) is 35.2 Å². The van der Waals surface area contributed by atoms with E-state index in [1.807, 2.05) is 31.5 Å². The highest BCUT2D eigenvalue weighted by Crippen LogP contribution is 2.37. The van der Waals surface area contributed by atoms with Crippen molar-refractivity contribution < 1.29 is 4.52 Å². The van der Waals surface area contributed by atoms with Crippen LogP contribution in [-0.2, 0) is 0 Å². The summed E-state index contributed by atoms with van der Waals surface area (Å²) < 4.78 is 5.37. The van der Waals surface area contributed by atoms with Crippen molar-refractivity contribution >= 4 is 22.7 Å². The fourth-order valence-corrected chi connectivity index (χ4v) is 3.69. The maximum atomic E-state index is 5.77. The molecule has 1 saturated heterocycles. The van der Waals surface area contributed by atoms with Crippen LogP contribution in [0.2, 0.25) is 0 Å². The summed E-state index contributed by atoms with van der Waals surface area (Å²) in [4.78, 5) is 22.8. The van der Waals surface area contributed by atoms with Gasteiger partial charge in [0.05, 0.1) is 22.7 Å². The molecule has 0 radical (unpaired) electrons. The summed E-state index contributed by atoms with van der Waals surface area (Å²) in [5.74, 6) is 1.86. The predicted molar refractivity (Wildman–Crippen MR) is 100 cm³/mol. The monoisotopic (exact) mass is 362 g/mol. The summed E-state index contributed by atoms with van der Waals surface area (Å²) in [6.45, 7) is 3.56. The van der Waals surface area contributed by atoms with Gasteiger partial charge in [-0.05, 0) is 25.5 Å². The van der Waals surface area contributed by atoms with E-state index >= 15 is 0 Å². The maximum Gasteiger partial charge on any atom is 0.231 e. The Balaban J connectivity index is 1.55. The van der Waals surface area contributed by atoms with Crippen molar-refractivity contribution in [2.75, 3.05) is 23.7 Å². The van der Waals surface area contributed by atoms with Crippen LogP contribution in [0.3, 0.4) is 0 Å². The molecule has 1 unspecified atom stereocenters. The number of aryl methyl sites for hydroxylation is 1. The Morgan fingerprint density at radius 3 is 2.93 bits per heavy atom. The fourth-order valence-electron chi connectivity index (χ4n) is 3.69. The van der Waals surface area contributed by atoms with Gasteiger partial charge in [-0.25, -0.2) is 15.0 Å². The number of aromatic nitrogens is 6. The third-order valence-corrected chi connectivity index (χ3v) is 4.92. The first-order valence-electron chi connectivity index (χ1n) is 8.79. The highest BCUT2D eigenvalue weighted by atomic mass is 16.5. The molecule has 1 atom stereocenters. The van der Waals surface area contributed by atoms with Crippen LogP contribution in [0.25, 0.3) is 22.3 Å². The normalized spacial score (nSPS) is 17.1. The van der Waals surface area contributed by atoms with Crippen LogP contribution in [0.5, 0.6) is 0 Å². The third kappa shape index (κ3) is 2.67. The number of hydrogen-bond acceptors (Lipinski definition) is 8. The topological polar surface area (TPSA) is 123 Å². The molecule has 1 fully saturated rings. The molecule has 9 heteroatoms. The Kier molecular flexibility index (Phi) is 3.52. The van der Waals surface area contributed by atoms with Gasteiger partial charge in [0, 0.05) is 37.2 Å². The SMILES string of the molecule is Cc1noc(C2CCN(c3ccnc4[nH]cc(-c5ccnc(N)n5)c34)C2)n1. The van der Waals surface area contributed by atoms with Gasteiger partial charge < -0.3 is 20.1 Å². The number of nitrogens with two attached hydrogens (primary N) is 1. The highest BCUT2D eigenvalue weighted by molar-refractivity contribution is 6.02. The number of nitrogen functional groups attached to an aromatic ring is 1. The third-order valence-electron chi connectivity index (χ3n) is 4.92. The lowest BCUT2D eigenvalue weighted by molar-refractivity contribution is 0.356. The van der Waals surface area contributed by atoms with E-state index in [-0.39, 0.29) is 11.9 Å². The fraction of sp³-hybridized carbons (Fsp3) is 0.278. The number of pyridine rings is 1. The molecule has 3 N–H and O–H groups in total. The van der Waals surface area contributed by atoms with E-state index in [0.29, 0.717) is 11.7 Å². The van der Waals surface area contributed by atoms with Gasteiger partial charge in [-0.15, -0.1) is 0 Å². The average Bonchev–Trinajstić information content (AvgIpc) is 3.40. The molecule has 9 nitrogen and oxygen atoms in total. The van der Waals surface area contributed by atoms with Crippen LogP contribution in [0.1, 0.15) is 24.1 Å². The van der Waals surface area contributed by atoms with Gasteiger partial charge in [-0.1, -0.05) is 5.16 Å². The van der Waals surface area contributed by atoms with Crippen molar-refractivity contribution in [3.63, 3.8) is 0 Å². The van der Waals surface area contributed by atoms with Gasteiger partial charge in [-0.2, -0.15) is 4.98 Å². The van der Waals surface area contributed by atoms with Crippen molar-refractivity contribution in [1.82, 2.24) is 30.1 Å². The molecule has 0 aromatic carbocycles. The summed E-state index contributed by atoms with van der Waals surface area (Å²) in [5, 5.41) is 4.94. The number of H-pyrrole nitrogens is 1. The first kappa shape index (κ1) is 15.7. The van der Waals surface area contributed by atoms with Gasteiger partial charge in [0.25, 0.3) is 0 Å². The Morgan fingerprint density at radius 1 is 1.22 bits per heavy atom. The Morgan fingerprint density at radius 2 is 2.11 bits per heavy atom. The number of fused-ring (bicyclic) bond motifs is 1. The number of nitrogens with one attached hydrogen (secondary N) is 1. The van der Waals surface area contributed by atoms with Crippen molar-refractivity contribution in [3.8, 4) is 11.3 Å². The summed E-state index contributed by atoms with van der Waals surface area (Å²) in [6, 6.07) is 3.88. The molecule has 4 aromatic heterocycles. The molecule has 4 aromatic rings. The van der Waals surface area contributed by atoms with E-state index in [9.17, 15) is 0 Å². The standard InChI is InChI=1S/C18H18N8O/c1-10-23-17(27-25-10)11-4-7-26(9-11)14-3-6-20-16-15(14)12(8-22-16)13-2-5-21-18(19)24-13/h2-3,5-6,8,11H,4,7,9H2,1H3,(H,20,22)(H2,19,21,24). The molecule has 0 saturated carbocycles. The Hall–Kier alpha value is -3.49. The van der Waals surface area contributed by atoms with Gasteiger partial charge >= 0.3 is 0 Å². The molecule has 5 rings (SSSR count). The Labute approximate surface area is 154 Å². The molecule has 136 valence electrons. The number of hydrogen-bond donors (Lipinski definition) is 2. The molecule has 5 heterocycles. The van der Waals surface area contributed by atoms with Crippen molar-refractivity contribution in [2.45, 2.75) is 19.3 Å². The van der Waals surface area contributed by atoms with Gasteiger partial charge in [0.1, 0.15) is 5.65 Å². The number of aromatic amines is 1. The largest absolute Gasteiger partial charge is 0.370 e. The lowest BCUT2D eigenvalue weighted by atomic mass is 10.1. The summed E-state index contributed by atoms with van der Waals surface area (Å²) in [5.41, 5.74) is 9.42. The highest BCUT2D eigenvalue weighted by Gasteiger charge is 2.30. The number of anilines is 2. The zero-order chi connectivity index (χ0) is 18.4. The zero-order valence-corrected chi connectivity index (χ0v) is 14.8. The minimum Gasteiger partial charge on any atom is -0.370 e. The predicted octanol–water partition coefficient (Wildman–Crippen LogP) is 2.29. The maximum absolute atomic E-state index is 5.77. The first-order chi connectivity index (χ1) is 13.2. The van der Waals surface area contributed by atoms with Gasteiger partial charge in [-0.3, -0.25) is 0 Å². The quantitative estimate of drug-likeness (QED) is 0.569. The molecule has 0 bridgehead atoms. The second kappa shape index (κ2) is 6.04. The van der Waals surface area contributed by atoms with Crippen LogP contribution in [-0.4, -0.2) is 43.2 Å².